The first-order valence-electron chi connectivity index (χ1n) is 9.71. The van der Waals surface area contributed by atoms with Crippen molar-refractivity contribution in [2.24, 2.45) is 4.99 Å². The lowest BCUT2D eigenvalue weighted by molar-refractivity contribution is 0.595. The van der Waals surface area contributed by atoms with Gasteiger partial charge in [-0.2, -0.15) is 0 Å². The van der Waals surface area contributed by atoms with Crippen molar-refractivity contribution >= 4 is 37.4 Å². The molecule has 0 saturated heterocycles. The smallest absolute Gasteiger partial charge is 0.280 e. The molecular formula is C21H24N4O5S2. The Morgan fingerprint density at radius 2 is 1.72 bits per heavy atom. The lowest BCUT2D eigenvalue weighted by Gasteiger charge is -2.08. The summed E-state index contributed by atoms with van der Waals surface area (Å²) in [5.74, 6) is 0. The molecule has 1 heterocycles. The zero-order valence-electron chi connectivity index (χ0n) is 17.9. The number of aliphatic imine (C=N–C) groups is 1. The molecule has 3 aromatic rings. The van der Waals surface area contributed by atoms with E-state index in [0.29, 0.717) is 16.9 Å². The Morgan fingerprint density at radius 1 is 1.06 bits per heavy atom. The van der Waals surface area contributed by atoms with E-state index in [4.69, 9.17) is 0 Å². The molecule has 0 atom stereocenters. The van der Waals surface area contributed by atoms with E-state index in [9.17, 15) is 21.6 Å². The van der Waals surface area contributed by atoms with E-state index < -0.39 is 24.9 Å². The van der Waals surface area contributed by atoms with E-state index in [2.05, 4.69) is 14.8 Å². The number of aromatic nitrogens is 2. The van der Waals surface area contributed by atoms with E-state index >= 15 is 0 Å². The number of hydrogen-bond donors (Lipinski definition) is 2. The zero-order chi connectivity index (χ0) is 23.5. The van der Waals surface area contributed by atoms with Crippen molar-refractivity contribution in [1.29, 1.82) is 0 Å². The number of anilines is 1. The van der Waals surface area contributed by atoms with E-state index in [1.165, 1.54) is 23.0 Å². The summed E-state index contributed by atoms with van der Waals surface area (Å²) < 4.78 is 49.9. The van der Waals surface area contributed by atoms with Crippen molar-refractivity contribution in [3.8, 4) is 5.69 Å². The molecule has 3 rings (SSSR count). The van der Waals surface area contributed by atoms with Crippen molar-refractivity contribution in [1.82, 2.24) is 9.78 Å². The highest BCUT2D eigenvalue weighted by Crippen LogP contribution is 2.19. The van der Waals surface area contributed by atoms with Crippen LogP contribution in [-0.2, 0) is 26.3 Å². The van der Waals surface area contributed by atoms with Crippen LogP contribution in [0.2, 0.25) is 0 Å². The quantitative estimate of drug-likeness (QED) is 0.483. The third kappa shape index (κ3) is 5.74. The number of rotatable bonds is 8. The van der Waals surface area contributed by atoms with Crippen molar-refractivity contribution < 1.29 is 16.8 Å². The Labute approximate surface area is 186 Å². The first kappa shape index (κ1) is 23.5. The number of nitrogens with one attached hydrogen (secondary N) is 2. The molecule has 0 bridgehead atoms. The minimum absolute atomic E-state index is 0.187. The minimum Gasteiger partial charge on any atom is -0.295 e. The monoisotopic (exact) mass is 476 g/mol. The molecule has 1 aromatic heterocycles. The molecule has 2 aromatic carbocycles. The molecule has 32 heavy (non-hydrogen) atoms. The number of hydrogen-bond acceptors (Lipinski definition) is 6. The standard InChI is InChI=1S/C21H24N4O5S2/c1-4-16-7-5-6-8-20(16)22-13-19-15(2)23-25(21(19)26)18-11-9-17(10-12-18)24-32(29,30)14-31(3,27)28/h5-13,23-24H,4,14H2,1-3H3. The highest BCUT2D eigenvalue weighted by molar-refractivity contribution is 8.08. The van der Waals surface area contributed by atoms with Gasteiger partial charge in [0.2, 0.25) is 10.0 Å². The van der Waals surface area contributed by atoms with Crippen LogP contribution >= 0.6 is 0 Å². The summed E-state index contributed by atoms with van der Waals surface area (Å²) in [5, 5.41) is 1.97. The summed E-state index contributed by atoms with van der Waals surface area (Å²) in [4.78, 5) is 17.4. The normalized spacial score (nSPS) is 12.3. The Bertz CT molecular complexity index is 1420. The van der Waals surface area contributed by atoms with Gasteiger partial charge in [-0.1, -0.05) is 25.1 Å². The first-order valence-corrected chi connectivity index (χ1v) is 13.4. The fourth-order valence-corrected chi connectivity index (χ4v) is 6.12. The van der Waals surface area contributed by atoms with Gasteiger partial charge in [-0.05, 0) is 49.2 Å². The fourth-order valence-electron chi connectivity index (χ4n) is 3.13. The van der Waals surface area contributed by atoms with Crippen LogP contribution in [0.25, 0.3) is 5.69 Å². The summed E-state index contributed by atoms with van der Waals surface area (Å²) in [7, 11) is -7.76. The van der Waals surface area contributed by atoms with Crippen molar-refractivity contribution in [2.45, 2.75) is 20.3 Å². The van der Waals surface area contributed by atoms with Crippen molar-refractivity contribution in [3.63, 3.8) is 0 Å². The maximum atomic E-state index is 12.9. The Kier molecular flexibility index (Phi) is 6.70. The number of sulfonamides is 1. The molecular weight excluding hydrogens is 452 g/mol. The molecule has 2 N–H and O–H groups in total. The predicted molar refractivity (Wildman–Crippen MR) is 126 cm³/mol. The number of para-hydroxylation sites is 1. The summed E-state index contributed by atoms with van der Waals surface area (Å²) in [6.07, 6.45) is 3.20. The van der Waals surface area contributed by atoms with Crippen LogP contribution in [0.5, 0.6) is 0 Å². The number of sulfone groups is 1. The number of aryl methyl sites for hydroxylation is 2. The molecule has 0 spiro atoms. The van der Waals surface area contributed by atoms with Gasteiger partial charge in [0.15, 0.2) is 14.9 Å². The van der Waals surface area contributed by atoms with Gasteiger partial charge in [0.05, 0.1) is 16.9 Å². The van der Waals surface area contributed by atoms with Gasteiger partial charge < -0.3 is 0 Å². The molecule has 0 radical (unpaired) electrons. The molecule has 0 aliphatic carbocycles. The van der Waals surface area contributed by atoms with E-state index in [1.807, 2.05) is 31.2 Å². The number of aromatic amines is 1. The van der Waals surface area contributed by atoms with Crippen LogP contribution < -0.4 is 10.3 Å². The Hall–Kier alpha value is -3.18. The molecule has 170 valence electrons. The molecule has 0 unspecified atom stereocenters. The summed E-state index contributed by atoms with van der Waals surface area (Å²) in [5.41, 5.74) is 3.29. The van der Waals surface area contributed by atoms with E-state index in [1.54, 1.807) is 19.1 Å². The number of benzene rings is 2. The molecule has 0 amide bonds. The van der Waals surface area contributed by atoms with Crippen molar-refractivity contribution in [3.05, 3.63) is 75.7 Å². The Morgan fingerprint density at radius 3 is 2.34 bits per heavy atom. The van der Waals surface area contributed by atoms with Crippen LogP contribution in [0, 0.1) is 6.92 Å². The maximum absolute atomic E-state index is 12.9. The third-order valence-electron chi connectivity index (χ3n) is 4.59. The molecule has 0 saturated carbocycles. The lowest BCUT2D eigenvalue weighted by Crippen LogP contribution is -2.22. The van der Waals surface area contributed by atoms with Crippen LogP contribution in [0.1, 0.15) is 23.7 Å². The molecule has 9 nitrogen and oxygen atoms in total. The second-order valence-electron chi connectivity index (χ2n) is 7.34. The highest BCUT2D eigenvalue weighted by Gasteiger charge is 2.18. The lowest BCUT2D eigenvalue weighted by atomic mass is 10.1. The van der Waals surface area contributed by atoms with Crippen LogP contribution in [-0.4, -0.2) is 44.2 Å². The van der Waals surface area contributed by atoms with Gasteiger partial charge in [0.25, 0.3) is 5.56 Å². The van der Waals surface area contributed by atoms with Crippen LogP contribution in [0.3, 0.4) is 0 Å². The van der Waals surface area contributed by atoms with Gasteiger partial charge >= 0.3 is 0 Å². The SMILES string of the molecule is CCc1ccccc1N=Cc1c(C)[nH]n(-c2ccc(NS(=O)(=O)CS(C)(=O)=O)cc2)c1=O. The van der Waals surface area contributed by atoms with Gasteiger partial charge in [-0.25, -0.2) is 21.5 Å². The third-order valence-corrected chi connectivity index (χ3v) is 8.09. The van der Waals surface area contributed by atoms with Crippen molar-refractivity contribution in [2.75, 3.05) is 16.1 Å². The predicted octanol–water partition coefficient (Wildman–Crippen LogP) is 2.53. The van der Waals surface area contributed by atoms with Gasteiger partial charge in [0.1, 0.15) is 0 Å². The fraction of sp³-hybridized carbons (Fsp3) is 0.238. The topological polar surface area (TPSA) is 130 Å². The second kappa shape index (κ2) is 9.13. The molecule has 0 fully saturated rings. The Balaban J connectivity index is 1.86. The van der Waals surface area contributed by atoms with E-state index in [-0.39, 0.29) is 11.2 Å². The first-order chi connectivity index (χ1) is 15.0. The molecule has 0 aliphatic heterocycles. The minimum atomic E-state index is -4.05. The maximum Gasteiger partial charge on any atom is 0.280 e. The summed E-state index contributed by atoms with van der Waals surface area (Å²) in [6, 6.07) is 13.7. The van der Waals surface area contributed by atoms with Crippen LogP contribution in [0.4, 0.5) is 11.4 Å². The van der Waals surface area contributed by atoms with Crippen LogP contribution in [0.15, 0.2) is 58.3 Å². The second-order valence-corrected chi connectivity index (χ2v) is 11.6. The van der Waals surface area contributed by atoms with Gasteiger partial charge in [-0.15, -0.1) is 0 Å². The zero-order valence-corrected chi connectivity index (χ0v) is 19.5. The average Bonchev–Trinajstić information content (AvgIpc) is 2.98. The van der Waals surface area contributed by atoms with E-state index in [0.717, 1.165) is 23.9 Å². The number of H-pyrrole nitrogens is 1. The average molecular weight is 477 g/mol. The highest BCUT2D eigenvalue weighted by atomic mass is 32.3. The summed E-state index contributed by atoms with van der Waals surface area (Å²) in [6.45, 7) is 3.80. The number of nitrogens with zero attached hydrogens (tertiary/aromatic N) is 2. The summed E-state index contributed by atoms with van der Waals surface area (Å²) >= 11 is 0. The van der Waals surface area contributed by atoms with Gasteiger partial charge in [0, 0.05) is 23.9 Å². The van der Waals surface area contributed by atoms with Gasteiger partial charge in [-0.3, -0.25) is 19.6 Å². The molecule has 0 aliphatic rings. The molecule has 11 heteroatoms. The largest absolute Gasteiger partial charge is 0.295 e.